The van der Waals surface area contributed by atoms with E-state index in [4.69, 9.17) is 10.5 Å². The summed E-state index contributed by atoms with van der Waals surface area (Å²) in [5.41, 5.74) is 5.85. The molecule has 0 radical (unpaired) electrons. The molecule has 0 spiro atoms. The monoisotopic (exact) mass is 248 g/mol. The third kappa shape index (κ3) is 2.84. The molecule has 2 N–H and O–H groups in total. The summed E-state index contributed by atoms with van der Waals surface area (Å²) in [5.74, 6) is -0.418. The Hall–Kier alpha value is -1.95. The molecule has 1 aromatic heterocycles. The van der Waals surface area contributed by atoms with Crippen LogP contribution in [-0.2, 0) is 9.53 Å². The van der Waals surface area contributed by atoms with Gasteiger partial charge in [0.05, 0.1) is 6.61 Å². The molecule has 1 atom stereocenters. The minimum Gasteiger partial charge on any atom is -0.368 e. The minimum atomic E-state index is -0.528. The van der Waals surface area contributed by atoms with Crippen LogP contribution in [0.4, 0.5) is 0 Å². The van der Waals surface area contributed by atoms with Crippen LogP contribution in [0, 0.1) is 0 Å². The predicted octanol–water partition coefficient (Wildman–Crippen LogP) is -1.05. The van der Waals surface area contributed by atoms with E-state index >= 15 is 0 Å². The van der Waals surface area contributed by atoms with Crippen LogP contribution in [0.3, 0.4) is 0 Å². The second kappa shape index (κ2) is 5.59. The van der Waals surface area contributed by atoms with Gasteiger partial charge in [-0.05, 0) is 18.6 Å². The quantitative estimate of drug-likeness (QED) is 0.721. The van der Waals surface area contributed by atoms with Crippen molar-refractivity contribution in [2.75, 3.05) is 13.2 Å². The van der Waals surface area contributed by atoms with Crippen molar-refractivity contribution in [1.82, 2.24) is 9.88 Å². The minimum absolute atomic E-state index is 0.0756. The number of nitrogens with two attached hydrogens (primary N) is 1. The molecule has 6 heteroatoms. The first kappa shape index (κ1) is 12.5. The second-order valence-corrected chi connectivity index (χ2v) is 4.01. The normalized spacial score (nSPS) is 17.6. The van der Waals surface area contributed by atoms with Crippen LogP contribution in [0.1, 0.15) is 13.3 Å². The van der Waals surface area contributed by atoms with Crippen LogP contribution >= 0.6 is 0 Å². The number of rotatable bonds is 5. The average molecular weight is 248 g/mol. The molecule has 0 bridgehead atoms. The Morgan fingerprint density at radius 2 is 2.44 bits per heavy atom. The Kier molecular flexibility index (Phi) is 3.88. The van der Waals surface area contributed by atoms with E-state index in [0.29, 0.717) is 12.1 Å². The first-order chi connectivity index (χ1) is 8.70. The van der Waals surface area contributed by atoms with Gasteiger partial charge in [-0.15, -0.1) is 0 Å². The molecule has 1 unspecified atom stereocenters. The molecule has 0 saturated carbocycles. The molecule has 1 aromatic rings. The van der Waals surface area contributed by atoms with Crippen molar-refractivity contribution in [2.24, 2.45) is 10.7 Å². The average Bonchev–Trinajstić information content (AvgIpc) is 2.35. The fourth-order valence-corrected chi connectivity index (χ4v) is 1.70. The van der Waals surface area contributed by atoms with Gasteiger partial charge >= 0.3 is 0 Å². The first-order valence-electron chi connectivity index (χ1n) is 5.87. The molecular formula is C12H16N4O2. The highest BCUT2D eigenvalue weighted by Gasteiger charge is 2.19. The molecule has 0 fully saturated rings. The number of fused-ring (bicyclic) bond motifs is 1. The van der Waals surface area contributed by atoms with Crippen molar-refractivity contribution in [1.29, 1.82) is 0 Å². The van der Waals surface area contributed by atoms with Gasteiger partial charge in [0.2, 0.25) is 12.3 Å². The number of amides is 1. The van der Waals surface area contributed by atoms with Gasteiger partial charge in [0.1, 0.15) is 6.54 Å². The zero-order valence-corrected chi connectivity index (χ0v) is 10.2. The van der Waals surface area contributed by atoms with Crippen LogP contribution in [0.15, 0.2) is 23.3 Å². The lowest BCUT2D eigenvalue weighted by Crippen LogP contribution is -2.47. The zero-order valence-electron chi connectivity index (χ0n) is 10.2. The van der Waals surface area contributed by atoms with Crippen LogP contribution in [0.25, 0.3) is 6.20 Å². The van der Waals surface area contributed by atoms with Crippen molar-refractivity contribution in [3.63, 3.8) is 0 Å². The SMILES string of the molecule is CCCOC1N=c2ncccc2=CN1CC(N)=O. The Bertz CT molecular complexity index is 543. The van der Waals surface area contributed by atoms with Gasteiger partial charge in [-0.3, -0.25) is 4.79 Å². The van der Waals surface area contributed by atoms with E-state index in [1.54, 1.807) is 17.3 Å². The van der Waals surface area contributed by atoms with E-state index in [-0.39, 0.29) is 6.54 Å². The third-order valence-corrected chi connectivity index (χ3v) is 2.45. The highest BCUT2D eigenvalue weighted by atomic mass is 16.5. The number of carbonyl (C=O) groups excluding carboxylic acids is 1. The number of nitrogens with zero attached hydrogens (tertiary/aromatic N) is 3. The smallest absolute Gasteiger partial charge is 0.237 e. The van der Waals surface area contributed by atoms with E-state index < -0.39 is 12.3 Å². The van der Waals surface area contributed by atoms with Gasteiger partial charge in [0.25, 0.3) is 0 Å². The summed E-state index contributed by atoms with van der Waals surface area (Å²) in [6.07, 6.45) is 3.84. The van der Waals surface area contributed by atoms with Gasteiger partial charge < -0.3 is 15.4 Å². The number of carbonyl (C=O) groups is 1. The molecule has 96 valence electrons. The molecule has 0 saturated heterocycles. The molecule has 1 amide bonds. The standard InChI is InChI=1S/C12H16N4O2/c1-2-6-18-12-15-11-9(4-3-5-14-11)7-16(12)8-10(13)17/h3-5,7,12H,2,6,8H2,1H3,(H2,13,17). The number of ether oxygens (including phenoxy) is 1. The lowest BCUT2D eigenvalue weighted by Gasteiger charge is -2.27. The Labute approximate surface area is 105 Å². The highest BCUT2D eigenvalue weighted by Crippen LogP contribution is 2.05. The molecule has 0 aliphatic carbocycles. The van der Waals surface area contributed by atoms with Crippen molar-refractivity contribution >= 4 is 12.1 Å². The molecule has 1 aliphatic rings. The zero-order chi connectivity index (χ0) is 13.0. The summed E-state index contributed by atoms with van der Waals surface area (Å²) in [7, 11) is 0. The first-order valence-corrected chi connectivity index (χ1v) is 5.87. The lowest BCUT2D eigenvalue weighted by molar-refractivity contribution is -0.121. The summed E-state index contributed by atoms with van der Waals surface area (Å²) in [4.78, 5) is 21.3. The van der Waals surface area contributed by atoms with Crippen LogP contribution in [0.2, 0.25) is 0 Å². The molecule has 1 aliphatic heterocycles. The summed E-state index contributed by atoms with van der Waals surface area (Å²) >= 11 is 0. The Balaban J connectivity index is 2.31. The van der Waals surface area contributed by atoms with E-state index in [1.165, 1.54) is 0 Å². The van der Waals surface area contributed by atoms with Gasteiger partial charge in [-0.25, -0.2) is 9.98 Å². The molecule has 18 heavy (non-hydrogen) atoms. The molecule has 0 aromatic carbocycles. The molecule has 2 heterocycles. The van der Waals surface area contributed by atoms with Crippen LogP contribution < -0.4 is 16.4 Å². The summed E-state index contributed by atoms with van der Waals surface area (Å²) < 4.78 is 5.58. The second-order valence-electron chi connectivity index (χ2n) is 4.01. The van der Waals surface area contributed by atoms with E-state index in [2.05, 4.69) is 9.98 Å². The fraction of sp³-hybridized carbons (Fsp3) is 0.417. The summed E-state index contributed by atoms with van der Waals surface area (Å²) in [6.45, 7) is 2.66. The van der Waals surface area contributed by atoms with E-state index in [9.17, 15) is 4.79 Å². The van der Waals surface area contributed by atoms with Crippen molar-refractivity contribution in [3.8, 4) is 0 Å². The maximum Gasteiger partial charge on any atom is 0.237 e. The maximum absolute atomic E-state index is 11.0. The van der Waals surface area contributed by atoms with E-state index in [0.717, 1.165) is 11.6 Å². The molecule has 2 rings (SSSR count). The predicted molar refractivity (Wildman–Crippen MR) is 65.4 cm³/mol. The highest BCUT2D eigenvalue weighted by molar-refractivity contribution is 5.76. The van der Waals surface area contributed by atoms with Crippen LogP contribution in [0.5, 0.6) is 0 Å². The maximum atomic E-state index is 11.0. The van der Waals surface area contributed by atoms with Crippen molar-refractivity contribution < 1.29 is 9.53 Å². The fourth-order valence-electron chi connectivity index (χ4n) is 1.70. The van der Waals surface area contributed by atoms with E-state index in [1.807, 2.05) is 19.1 Å². The number of aromatic nitrogens is 1. The number of primary amides is 1. The number of pyridine rings is 1. The number of hydrogen-bond donors (Lipinski definition) is 1. The van der Waals surface area contributed by atoms with Gasteiger partial charge in [-0.2, -0.15) is 0 Å². The van der Waals surface area contributed by atoms with Crippen molar-refractivity contribution in [2.45, 2.75) is 19.7 Å². The topological polar surface area (TPSA) is 80.8 Å². The Morgan fingerprint density at radius 3 is 3.17 bits per heavy atom. The lowest BCUT2D eigenvalue weighted by atomic mass is 10.3. The van der Waals surface area contributed by atoms with Crippen LogP contribution in [-0.4, -0.2) is 35.3 Å². The largest absolute Gasteiger partial charge is 0.368 e. The Morgan fingerprint density at radius 1 is 1.61 bits per heavy atom. The van der Waals surface area contributed by atoms with Gasteiger partial charge in [-0.1, -0.05) is 6.92 Å². The summed E-state index contributed by atoms with van der Waals surface area (Å²) in [5, 5.41) is 0.857. The van der Waals surface area contributed by atoms with Gasteiger partial charge in [0, 0.05) is 17.6 Å². The van der Waals surface area contributed by atoms with Gasteiger partial charge in [0.15, 0.2) is 5.49 Å². The third-order valence-electron chi connectivity index (χ3n) is 2.45. The number of hydrogen-bond acceptors (Lipinski definition) is 5. The molecular weight excluding hydrogens is 232 g/mol. The van der Waals surface area contributed by atoms with Crippen molar-refractivity contribution in [3.05, 3.63) is 29.0 Å². The molecule has 6 nitrogen and oxygen atoms in total. The summed E-state index contributed by atoms with van der Waals surface area (Å²) in [6, 6.07) is 3.70.